The monoisotopic (exact) mass is 421 g/mol. The Bertz CT molecular complexity index is 1040. The van der Waals surface area contributed by atoms with Crippen LogP contribution >= 0.6 is 11.3 Å². The van der Waals surface area contributed by atoms with E-state index in [0.717, 1.165) is 42.4 Å². The van der Waals surface area contributed by atoms with Crippen LogP contribution in [0.2, 0.25) is 0 Å². The largest absolute Gasteiger partial charge is 0.345 e. The van der Waals surface area contributed by atoms with Crippen LogP contribution in [0.15, 0.2) is 42.5 Å². The van der Waals surface area contributed by atoms with Crippen LogP contribution in [0.5, 0.6) is 0 Å². The summed E-state index contributed by atoms with van der Waals surface area (Å²) in [5, 5.41) is 1.07. The lowest BCUT2D eigenvalue weighted by Crippen LogP contribution is -2.48. The third kappa shape index (κ3) is 4.08. The standard InChI is InChI=1S/C25H31N3OS/c1-17(2)20-7-6-8-21-22(20)26-24(30-21)28-15-13-27(14-16-28)23(29)18-9-11-19(12-10-18)25(3,4)5/h6-12,17H,13-16H2,1-5H3. The van der Waals surface area contributed by atoms with Crippen LogP contribution < -0.4 is 4.90 Å². The molecule has 0 atom stereocenters. The molecule has 4 nitrogen and oxygen atoms in total. The molecule has 0 radical (unpaired) electrons. The Morgan fingerprint density at radius 3 is 2.27 bits per heavy atom. The molecule has 0 unspecified atom stereocenters. The molecule has 0 N–H and O–H groups in total. The topological polar surface area (TPSA) is 36.4 Å². The van der Waals surface area contributed by atoms with E-state index in [4.69, 9.17) is 4.98 Å². The molecule has 0 bridgehead atoms. The first-order valence-corrected chi connectivity index (χ1v) is 11.6. The van der Waals surface area contributed by atoms with E-state index in [-0.39, 0.29) is 11.3 Å². The summed E-state index contributed by atoms with van der Waals surface area (Å²) < 4.78 is 1.24. The summed E-state index contributed by atoms with van der Waals surface area (Å²) in [4.78, 5) is 22.2. The summed E-state index contributed by atoms with van der Waals surface area (Å²) in [6, 6.07) is 14.6. The van der Waals surface area contributed by atoms with Crippen LogP contribution in [0.1, 0.15) is 62.0 Å². The third-order valence-corrected chi connectivity index (χ3v) is 6.98. The molecule has 5 heteroatoms. The zero-order valence-electron chi connectivity index (χ0n) is 18.6. The van der Waals surface area contributed by atoms with Crippen molar-refractivity contribution in [2.45, 2.75) is 46.0 Å². The van der Waals surface area contributed by atoms with Gasteiger partial charge in [-0.15, -0.1) is 0 Å². The van der Waals surface area contributed by atoms with Gasteiger partial charge >= 0.3 is 0 Å². The Hall–Kier alpha value is -2.40. The molecule has 3 aromatic rings. The number of nitrogens with zero attached hydrogens (tertiary/aromatic N) is 3. The average Bonchev–Trinajstić information content (AvgIpc) is 3.17. The molecule has 1 aliphatic rings. The Balaban J connectivity index is 1.44. The number of carbonyl (C=O) groups excluding carboxylic acids is 1. The van der Waals surface area contributed by atoms with Gasteiger partial charge in [0.25, 0.3) is 5.91 Å². The number of fused-ring (bicyclic) bond motifs is 1. The van der Waals surface area contributed by atoms with Crippen LogP contribution in [0, 0.1) is 0 Å². The molecule has 4 rings (SSSR count). The fraction of sp³-hybridized carbons (Fsp3) is 0.440. The van der Waals surface area contributed by atoms with Gasteiger partial charge in [0.2, 0.25) is 0 Å². The maximum atomic E-state index is 13.0. The number of aromatic nitrogens is 1. The van der Waals surface area contributed by atoms with Gasteiger partial charge in [0.15, 0.2) is 5.13 Å². The van der Waals surface area contributed by atoms with Crippen LogP contribution in [0.25, 0.3) is 10.2 Å². The van der Waals surface area contributed by atoms with Gasteiger partial charge in [-0.2, -0.15) is 0 Å². The van der Waals surface area contributed by atoms with Gasteiger partial charge in [0.05, 0.1) is 10.2 Å². The summed E-state index contributed by atoms with van der Waals surface area (Å²) in [5.41, 5.74) is 4.56. The lowest BCUT2D eigenvalue weighted by Gasteiger charge is -2.34. The highest BCUT2D eigenvalue weighted by Gasteiger charge is 2.25. The highest BCUT2D eigenvalue weighted by atomic mass is 32.1. The van der Waals surface area contributed by atoms with E-state index >= 15 is 0 Å². The van der Waals surface area contributed by atoms with Gasteiger partial charge in [-0.05, 0) is 40.7 Å². The molecule has 30 heavy (non-hydrogen) atoms. The number of carbonyl (C=O) groups is 1. The van der Waals surface area contributed by atoms with Crippen LogP contribution in [-0.2, 0) is 5.41 Å². The van der Waals surface area contributed by atoms with Crippen molar-refractivity contribution < 1.29 is 4.79 Å². The number of rotatable bonds is 3. The first-order valence-electron chi connectivity index (χ1n) is 10.8. The second-order valence-corrected chi connectivity index (χ2v) is 10.5. The summed E-state index contributed by atoms with van der Waals surface area (Å²) in [6.45, 7) is 14.1. The minimum absolute atomic E-state index is 0.0971. The Labute approximate surface area is 183 Å². The van der Waals surface area contributed by atoms with E-state index < -0.39 is 0 Å². The Morgan fingerprint density at radius 1 is 1.00 bits per heavy atom. The number of anilines is 1. The number of piperazine rings is 1. The van der Waals surface area contributed by atoms with Gasteiger partial charge in [0, 0.05) is 31.7 Å². The normalized spacial score (nSPS) is 15.3. The number of para-hydroxylation sites is 1. The second-order valence-electron chi connectivity index (χ2n) is 9.45. The fourth-order valence-corrected chi connectivity index (χ4v) is 5.01. The van der Waals surface area contributed by atoms with E-state index in [0.29, 0.717) is 5.92 Å². The number of hydrogen-bond donors (Lipinski definition) is 0. The predicted molar refractivity (Wildman–Crippen MR) is 127 cm³/mol. The highest BCUT2D eigenvalue weighted by molar-refractivity contribution is 7.22. The summed E-state index contributed by atoms with van der Waals surface area (Å²) in [5.74, 6) is 0.587. The maximum Gasteiger partial charge on any atom is 0.253 e. The summed E-state index contributed by atoms with van der Waals surface area (Å²) in [7, 11) is 0. The molecule has 158 valence electrons. The van der Waals surface area contributed by atoms with E-state index in [9.17, 15) is 4.79 Å². The first-order chi connectivity index (χ1) is 14.2. The van der Waals surface area contributed by atoms with Crippen molar-refractivity contribution in [3.05, 3.63) is 59.2 Å². The quantitative estimate of drug-likeness (QED) is 0.546. The number of hydrogen-bond acceptors (Lipinski definition) is 4. The van der Waals surface area contributed by atoms with E-state index in [1.165, 1.54) is 15.8 Å². The van der Waals surface area contributed by atoms with Crippen molar-refractivity contribution in [2.24, 2.45) is 0 Å². The molecular weight excluding hydrogens is 390 g/mol. The molecule has 1 aromatic heterocycles. The van der Waals surface area contributed by atoms with Crippen molar-refractivity contribution in [3.63, 3.8) is 0 Å². The molecule has 1 amide bonds. The van der Waals surface area contributed by atoms with Crippen molar-refractivity contribution in [1.82, 2.24) is 9.88 Å². The molecule has 1 aliphatic heterocycles. The van der Waals surface area contributed by atoms with Crippen LogP contribution in [-0.4, -0.2) is 42.0 Å². The highest BCUT2D eigenvalue weighted by Crippen LogP contribution is 2.34. The third-order valence-electron chi connectivity index (χ3n) is 5.90. The lowest BCUT2D eigenvalue weighted by molar-refractivity contribution is 0.0746. The molecule has 2 heterocycles. The number of amides is 1. The van der Waals surface area contributed by atoms with Crippen molar-refractivity contribution in [1.29, 1.82) is 0 Å². The predicted octanol–water partition coefficient (Wildman–Crippen LogP) is 5.68. The second kappa shape index (κ2) is 8.03. The molecule has 0 spiro atoms. The van der Waals surface area contributed by atoms with Gasteiger partial charge in [-0.25, -0.2) is 4.98 Å². The lowest BCUT2D eigenvalue weighted by atomic mass is 9.86. The molecule has 1 fully saturated rings. The fourth-order valence-electron chi connectivity index (χ4n) is 3.96. The van der Waals surface area contributed by atoms with Crippen LogP contribution in [0.3, 0.4) is 0 Å². The van der Waals surface area contributed by atoms with Gasteiger partial charge in [-0.1, -0.05) is 70.2 Å². The average molecular weight is 422 g/mol. The van der Waals surface area contributed by atoms with Crippen molar-refractivity contribution in [2.75, 3.05) is 31.1 Å². The SMILES string of the molecule is CC(C)c1cccc2sc(N3CCN(C(=O)c4ccc(C(C)(C)C)cc4)CC3)nc12. The molecule has 2 aromatic carbocycles. The molecule has 0 saturated carbocycles. The smallest absolute Gasteiger partial charge is 0.253 e. The van der Waals surface area contributed by atoms with Crippen molar-refractivity contribution >= 4 is 32.6 Å². The molecule has 0 aliphatic carbocycles. The van der Waals surface area contributed by atoms with Gasteiger partial charge in [0.1, 0.15) is 0 Å². The zero-order chi connectivity index (χ0) is 21.5. The minimum atomic E-state index is 0.0971. The number of benzene rings is 2. The molecule has 1 saturated heterocycles. The van der Waals surface area contributed by atoms with E-state index in [1.54, 1.807) is 11.3 Å². The zero-order valence-corrected chi connectivity index (χ0v) is 19.4. The number of thiazole rings is 1. The van der Waals surface area contributed by atoms with Crippen LogP contribution in [0.4, 0.5) is 5.13 Å². The summed E-state index contributed by atoms with van der Waals surface area (Å²) >= 11 is 1.76. The van der Waals surface area contributed by atoms with Crippen molar-refractivity contribution in [3.8, 4) is 0 Å². The first kappa shape index (κ1) is 20.9. The van der Waals surface area contributed by atoms with Gasteiger partial charge < -0.3 is 9.80 Å². The Morgan fingerprint density at radius 2 is 1.67 bits per heavy atom. The van der Waals surface area contributed by atoms with E-state index in [1.807, 2.05) is 17.0 Å². The maximum absolute atomic E-state index is 13.0. The van der Waals surface area contributed by atoms with Gasteiger partial charge in [-0.3, -0.25) is 4.79 Å². The Kier molecular flexibility index (Phi) is 5.58. The summed E-state index contributed by atoms with van der Waals surface area (Å²) in [6.07, 6.45) is 0. The molecular formula is C25H31N3OS. The van der Waals surface area contributed by atoms with E-state index in [2.05, 4.69) is 69.9 Å². The minimum Gasteiger partial charge on any atom is -0.345 e.